The average molecular weight is 455 g/mol. The number of hydrogen-bond donors (Lipinski definition) is 0. The van der Waals surface area contributed by atoms with Gasteiger partial charge in [0.25, 0.3) is 5.91 Å². The number of carbonyl (C=O) groups is 1. The van der Waals surface area contributed by atoms with E-state index in [1.165, 1.54) is 0 Å². The summed E-state index contributed by atoms with van der Waals surface area (Å²) in [6.07, 6.45) is 5.42. The van der Waals surface area contributed by atoms with Gasteiger partial charge in [-0.15, -0.1) is 0 Å². The van der Waals surface area contributed by atoms with E-state index in [1.807, 2.05) is 55.5 Å². The van der Waals surface area contributed by atoms with Crippen molar-refractivity contribution in [1.82, 2.24) is 9.88 Å². The molecule has 0 radical (unpaired) electrons. The molecule has 0 saturated heterocycles. The second-order valence-electron chi connectivity index (χ2n) is 8.64. The molecule has 2 aromatic heterocycles. The second kappa shape index (κ2) is 9.14. The molecule has 0 unspecified atom stereocenters. The molecule has 1 atom stereocenters. The fourth-order valence-corrected chi connectivity index (χ4v) is 4.44. The van der Waals surface area contributed by atoms with E-state index in [9.17, 15) is 9.59 Å². The van der Waals surface area contributed by atoms with Crippen LogP contribution in [0.15, 0.2) is 76.2 Å². The Labute approximate surface area is 197 Å². The van der Waals surface area contributed by atoms with E-state index in [4.69, 9.17) is 9.15 Å². The molecular weight excluding hydrogens is 428 g/mol. The Kier molecular flexibility index (Phi) is 5.88. The van der Waals surface area contributed by atoms with Gasteiger partial charge in [0.1, 0.15) is 11.3 Å². The normalized spacial score (nSPS) is 15.1. The number of carbonyl (C=O) groups excluding carboxylic acids is 1. The fourth-order valence-electron chi connectivity index (χ4n) is 4.44. The first-order chi connectivity index (χ1) is 16.6. The van der Waals surface area contributed by atoms with E-state index < -0.39 is 6.04 Å². The summed E-state index contributed by atoms with van der Waals surface area (Å²) in [7, 11) is 0. The third kappa shape index (κ3) is 3.96. The number of fused-ring (bicyclic) bond motifs is 2. The zero-order chi connectivity index (χ0) is 23.7. The van der Waals surface area contributed by atoms with E-state index in [-0.39, 0.29) is 17.1 Å². The van der Waals surface area contributed by atoms with Gasteiger partial charge >= 0.3 is 0 Å². The number of amides is 1. The summed E-state index contributed by atoms with van der Waals surface area (Å²) < 4.78 is 12.0. The minimum atomic E-state index is -0.585. The maximum Gasteiger partial charge on any atom is 0.291 e. The molecule has 0 spiro atoms. The van der Waals surface area contributed by atoms with Crippen LogP contribution in [0.3, 0.4) is 0 Å². The van der Waals surface area contributed by atoms with E-state index in [0.29, 0.717) is 35.4 Å². The van der Waals surface area contributed by atoms with Crippen molar-refractivity contribution in [2.45, 2.75) is 39.3 Å². The molecule has 4 aromatic rings. The van der Waals surface area contributed by atoms with Crippen molar-refractivity contribution in [3.05, 3.63) is 105 Å². The molecule has 172 valence electrons. The van der Waals surface area contributed by atoms with Gasteiger partial charge in [-0.2, -0.15) is 0 Å². The minimum absolute atomic E-state index is 0.104. The predicted octanol–water partition coefficient (Wildman–Crippen LogP) is 5.42. The smallest absolute Gasteiger partial charge is 0.291 e. The number of unbranched alkanes of at least 4 members (excludes halogenated alkanes) is 1. The lowest BCUT2D eigenvalue weighted by molar-refractivity contribution is 0.0714. The van der Waals surface area contributed by atoms with Crippen molar-refractivity contribution in [2.24, 2.45) is 0 Å². The highest BCUT2D eigenvalue weighted by molar-refractivity contribution is 5.99. The number of aryl methyl sites for hydroxylation is 1. The van der Waals surface area contributed by atoms with Crippen LogP contribution < -0.4 is 10.2 Å². The Balaban J connectivity index is 1.66. The van der Waals surface area contributed by atoms with Gasteiger partial charge in [-0.05, 0) is 54.8 Å². The van der Waals surface area contributed by atoms with Crippen LogP contribution in [0.1, 0.15) is 58.6 Å². The minimum Gasteiger partial charge on any atom is -0.494 e. The molecule has 3 heterocycles. The number of rotatable bonds is 7. The molecule has 6 nitrogen and oxygen atoms in total. The number of benzene rings is 2. The third-order valence-corrected chi connectivity index (χ3v) is 6.14. The summed E-state index contributed by atoms with van der Waals surface area (Å²) in [6.45, 7) is 4.96. The molecular formula is C28H26N2O4. The molecule has 5 rings (SSSR count). The maximum absolute atomic E-state index is 13.7. The largest absolute Gasteiger partial charge is 0.494 e. The Morgan fingerprint density at radius 2 is 1.97 bits per heavy atom. The number of nitrogens with zero attached hydrogens (tertiary/aromatic N) is 2. The summed E-state index contributed by atoms with van der Waals surface area (Å²) in [6, 6.07) is 16.2. The summed E-state index contributed by atoms with van der Waals surface area (Å²) in [5.41, 5.74) is 3.25. The lowest BCUT2D eigenvalue weighted by atomic mass is 9.97. The molecule has 6 heteroatoms. The molecule has 34 heavy (non-hydrogen) atoms. The van der Waals surface area contributed by atoms with E-state index in [2.05, 4.69) is 11.9 Å². The zero-order valence-electron chi connectivity index (χ0n) is 19.3. The first-order valence-corrected chi connectivity index (χ1v) is 11.6. The van der Waals surface area contributed by atoms with Crippen LogP contribution in [0, 0.1) is 6.92 Å². The van der Waals surface area contributed by atoms with Crippen molar-refractivity contribution < 1.29 is 13.9 Å². The van der Waals surface area contributed by atoms with Gasteiger partial charge in [0, 0.05) is 18.9 Å². The lowest BCUT2D eigenvalue weighted by Gasteiger charge is -2.25. The van der Waals surface area contributed by atoms with Gasteiger partial charge in [-0.25, -0.2) is 0 Å². The molecule has 1 aliphatic rings. The summed E-state index contributed by atoms with van der Waals surface area (Å²) in [4.78, 5) is 33.2. The molecule has 0 aliphatic carbocycles. The number of ether oxygens (including phenoxy) is 1. The van der Waals surface area contributed by atoms with Crippen molar-refractivity contribution in [3.63, 3.8) is 0 Å². The molecule has 0 bridgehead atoms. The van der Waals surface area contributed by atoms with Gasteiger partial charge < -0.3 is 14.1 Å². The molecule has 2 aromatic carbocycles. The van der Waals surface area contributed by atoms with Gasteiger partial charge in [0.15, 0.2) is 5.43 Å². The van der Waals surface area contributed by atoms with Gasteiger partial charge in [-0.3, -0.25) is 14.6 Å². The Morgan fingerprint density at radius 3 is 2.76 bits per heavy atom. The predicted molar refractivity (Wildman–Crippen MR) is 130 cm³/mol. The molecule has 1 amide bonds. The van der Waals surface area contributed by atoms with Crippen LogP contribution in [-0.2, 0) is 6.54 Å². The van der Waals surface area contributed by atoms with Crippen LogP contribution >= 0.6 is 0 Å². The Hall–Kier alpha value is -3.93. The van der Waals surface area contributed by atoms with Gasteiger partial charge in [0.2, 0.25) is 5.76 Å². The fraction of sp³-hybridized carbons (Fsp3) is 0.250. The van der Waals surface area contributed by atoms with Crippen molar-refractivity contribution in [3.8, 4) is 5.75 Å². The van der Waals surface area contributed by atoms with Crippen LogP contribution in [0.4, 0.5) is 0 Å². The number of pyridine rings is 1. The lowest BCUT2D eigenvalue weighted by Crippen LogP contribution is -2.29. The molecule has 0 saturated carbocycles. The highest BCUT2D eigenvalue weighted by atomic mass is 16.5. The van der Waals surface area contributed by atoms with Crippen LogP contribution in [0.25, 0.3) is 11.0 Å². The van der Waals surface area contributed by atoms with Crippen molar-refractivity contribution >= 4 is 16.9 Å². The summed E-state index contributed by atoms with van der Waals surface area (Å²) >= 11 is 0. The SMILES string of the molecule is CCCCOc1cccc([C@@H]2c3c(oc4ccc(C)cc4c3=O)C(=O)N2Cc2cccnc2)c1. The summed E-state index contributed by atoms with van der Waals surface area (Å²) in [5.74, 6) is 0.516. The van der Waals surface area contributed by atoms with E-state index in [1.54, 1.807) is 23.4 Å². The van der Waals surface area contributed by atoms with Gasteiger partial charge in [-0.1, -0.05) is 43.2 Å². The Bertz CT molecular complexity index is 1410. The number of hydrogen-bond acceptors (Lipinski definition) is 5. The summed E-state index contributed by atoms with van der Waals surface area (Å²) in [5, 5.41) is 0.482. The highest BCUT2D eigenvalue weighted by Crippen LogP contribution is 2.40. The maximum atomic E-state index is 13.7. The standard InChI is InChI=1S/C28H26N2O4/c1-3-4-13-33-21-9-5-8-20(15-21)25-24-26(31)22-14-18(2)10-11-23(22)34-27(24)28(32)30(25)17-19-7-6-12-29-16-19/h5-12,14-16,25H,3-4,13,17H2,1-2H3/t25-/m1/s1. The van der Waals surface area contributed by atoms with Crippen LogP contribution in [-0.4, -0.2) is 22.4 Å². The molecule has 0 fully saturated rings. The first kappa shape index (κ1) is 21.9. The first-order valence-electron chi connectivity index (χ1n) is 11.6. The van der Waals surface area contributed by atoms with Gasteiger partial charge in [0.05, 0.1) is 23.6 Å². The quantitative estimate of drug-likeness (QED) is 0.349. The second-order valence-corrected chi connectivity index (χ2v) is 8.64. The van der Waals surface area contributed by atoms with Crippen molar-refractivity contribution in [1.29, 1.82) is 0 Å². The van der Waals surface area contributed by atoms with Crippen LogP contribution in [0.5, 0.6) is 5.75 Å². The van der Waals surface area contributed by atoms with Crippen molar-refractivity contribution in [2.75, 3.05) is 6.61 Å². The number of aromatic nitrogens is 1. The average Bonchev–Trinajstić information content (AvgIpc) is 3.12. The monoisotopic (exact) mass is 454 g/mol. The molecule has 0 N–H and O–H groups in total. The highest BCUT2D eigenvalue weighted by Gasteiger charge is 2.42. The van der Waals surface area contributed by atoms with Crippen LogP contribution in [0.2, 0.25) is 0 Å². The van der Waals surface area contributed by atoms with E-state index >= 15 is 0 Å². The third-order valence-electron chi connectivity index (χ3n) is 6.14. The topological polar surface area (TPSA) is 72.6 Å². The zero-order valence-corrected chi connectivity index (χ0v) is 19.3. The van der Waals surface area contributed by atoms with E-state index in [0.717, 1.165) is 29.5 Å². The Morgan fingerprint density at radius 1 is 1.09 bits per heavy atom. The molecule has 1 aliphatic heterocycles.